The smallest absolute Gasteiger partial charge is 0.290 e. The number of halogens is 1. The van der Waals surface area contributed by atoms with Gasteiger partial charge in [0, 0.05) is 19.1 Å². The number of nitrogens with one attached hydrogen (secondary N) is 2. The molecule has 0 spiro atoms. The van der Waals surface area contributed by atoms with E-state index in [2.05, 4.69) is 10.6 Å². The summed E-state index contributed by atoms with van der Waals surface area (Å²) in [6.07, 6.45) is 6.19. The number of rotatable bonds is 3. The molecule has 23 heavy (non-hydrogen) atoms. The quantitative estimate of drug-likeness (QED) is 0.875. The zero-order valence-corrected chi connectivity index (χ0v) is 13.9. The summed E-state index contributed by atoms with van der Waals surface area (Å²) in [4.78, 5) is 26.8. The average molecular weight is 342 g/mol. The molecule has 7 heteroatoms. The number of carbonyl (C=O) groups is 2. The molecule has 0 aliphatic carbocycles. The number of hydrogen-bond donors (Lipinski definition) is 2. The summed E-state index contributed by atoms with van der Waals surface area (Å²) in [5, 5.41) is 6.38. The standard InChI is InChI=1S/C16H23N3O3.ClH/c20-15(18-12-5-3-8-17-11-12)13-6-1-2-9-19(13)16(21)14-7-4-10-22-14;/h4,7,10,12-13,17H,1-3,5-6,8-9,11H2,(H,18,20);1H. The van der Waals surface area contributed by atoms with E-state index in [0.29, 0.717) is 12.3 Å². The Bertz CT molecular complexity index is 515. The topological polar surface area (TPSA) is 74.6 Å². The van der Waals surface area contributed by atoms with Crippen molar-refractivity contribution in [3.8, 4) is 0 Å². The fraction of sp³-hybridized carbons (Fsp3) is 0.625. The fourth-order valence-electron chi connectivity index (χ4n) is 3.26. The first-order valence-electron chi connectivity index (χ1n) is 8.11. The first kappa shape index (κ1) is 17.8. The molecule has 2 atom stereocenters. The lowest BCUT2D eigenvalue weighted by molar-refractivity contribution is -0.127. The van der Waals surface area contributed by atoms with Crippen molar-refractivity contribution in [2.75, 3.05) is 19.6 Å². The predicted octanol–water partition coefficient (Wildman–Crippen LogP) is 1.56. The molecule has 1 aromatic rings. The van der Waals surface area contributed by atoms with Crippen LogP contribution in [0.25, 0.3) is 0 Å². The Kier molecular flexibility index (Phi) is 6.47. The molecule has 0 bridgehead atoms. The third-order valence-electron chi connectivity index (χ3n) is 4.44. The minimum Gasteiger partial charge on any atom is -0.459 e. The highest BCUT2D eigenvalue weighted by Crippen LogP contribution is 2.20. The number of piperidine rings is 2. The van der Waals surface area contributed by atoms with Gasteiger partial charge in [0.2, 0.25) is 5.91 Å². The molecule has 0 radical (unpaired) electrons. The predicted molar refractivity (Wildman–Crippen MR) is 88.7 cm³/mol. The zero-order valence-electron chi connectivity index (χ0n) is 13.1. The van der Waals surface area contributed by atoms with Gasteiger partial charge >= 0.3 is 0 Å². The van der Waals surface area contributed by atoms with Crippen molar-refractivity contribution in [1.82, 2.24) is 15.5 Å². The van der Waals surface area contributed by atoms with Crippen LogP contribution in [0.2, 0.25) is 0 Å². The maximum Gasteiger partial charge on any atom is 0.290 e. The van der Waals surface area contributed by atoms with Gasteiger partial charge in [0.25, 0.3) is 5.91 Å². The Morgan fingerprint density at radius 1 is 1.26 bits per heavy atom. The van der Waals surface area contributed by atoms with Crippen LogP contribution in [0, 0.1) is 0 Å². The first-order valence-corrected chi connectivity index (χ1v) is 8.11. The number of hydrogen-bond acceptors (Lipinski definition) is 4. The highest BCUT2D eigenvalue weighted by Gasteiger charge is 2.34. The highest BCUT2D eigenvalue weighted by molar-refractivity contribution is 5.95. The van der Waals surface area contributed by atoms with E-state index in [1.165, 1.54) is 6.26 Å². The first-order chi connectivity index (χ1) is 10.8. The second-order valence-electron chi connectivity index (χ2n) is 6.04. The van der Waals surface area contributed by atoms with Crippen LogP contribution in [-0.2, 0) is 4.79 Å². The van der Waals surface area contributed by atoms with Crippen LogP contribution in [0.4, 0.5) is 0 Å². The summed E-state index contributed by atoms with van der Waals surface area (Å²) < 4.78 is 5.19. The van der Waals surface area contributed by atoms with Crippen LogP contribution in [0.1, 0.15) is 42.7 Å². The SMILES string of the molecule is Cl.O=C(NC1CCCNC1)C1CCCCN1C(=O)c1ccco1. The van der Waals surface area contributed by atoms with Crippen molar-refractivity contribution in [1.29, 1.82) is 0 Å². The van der Waals surface area contributed by atoms with E-state index < -0.39 is 0 Å². The van der Waals surface area contributed by atoms with Crippen molar-refractivity contribution in [3.63, 3.8) is 0 Å². The van der Waals surface area contributed by atoms with Gasteiger partial charge < -0.3 is 20.0 Å². The maximum atomic E-state index is 12.6. The maximum absolute atomic E-state index is 12.6. The molecule has 3 heterocycles. The third-order valence-corrected chi connectivity index (χ3v) is 4.44. The summed E-state index contributed by atoms with van der Waals surface area (Å²) in [6.45, 7) is 2.43. The van der Waals surface area contributed by atoms with Gasteiger partial charge in [-0.25, -0.2) is 0 Å². The minimum atomic E-state index is -0.381. The molecule has 2 amide bonds. The summed E-state index contributed by atoms with van der Waals surface area (Å²) in [5.74, 6) is 0.0824. The summed E-state index contributed by atoms with van der Waals surface area (Å²) in [6, 6.07) is 3.13. The zero-order chi connectivity index (χ0) is 15.4. The Morgan fingerprint density at radius 3 is 2.83 bits per heavy atom. The molecule has 2 unspecified atom stereocenters. The van der Waals surface area contributed by atoms with Crippen LogP contribution < -0.4 is 10.6 Å². The van der Waals surface area contributed by atoms with Gasteiger partial charge in [-0.1, -0.05) is 0 Å². The van der Waals surface area contributed by atoms with E-state index in [0.717, 1.165) is 45.2 Å². The highest BCUT2D eigenvalue weighted by atomic mass is 35.5. The van der Waals surface area contributed by atoms with E-state index in [1.54, 1.807) is 17.0 Å². The molecule has 0 saturated carbocycles. The van der Waals surface area contributed by atoms with Crippen molar-refractivity contribution in [3.05, 3.63) is 24.2 Å². The van der Waals surface area contributed by atoms with Gasteiger partial charge in [-0.15, -0.1) is 12.4 Å². The van der Waals surface area contributed by atoms with E-state index in [1.807, 2.05) is 0 Å². The van der Waals surface area contributed by atoms with Crippen LogP contribution in [0.5, 0.6) is 0 Å². The summed E-state index contributed by atoms with van der Waals surface area (Å²) in [7, 11) is 0. The molecule has 128 valence electrons. The molecule has 6 nitrogen and oxygen atoms in total. The Balaban J connectivity index is 0.00000192. The van der Waals surface area contributed by atoms with Gasteiger partial charge in [-0.3, -0.25) is 9.59 Å². The van der Waals surface area contributed by atoms with E-state index in [4.69, 9.17) is 4.42 Å². The Labute approximate surface area is 142 Å². The summed E-state index contributed by atoms with van der Waals surface area (Å²) in [5.41, 5.74) is 0. The van der Waals surface area contributed by atoms with Crippen LogP contribution in [0.15, 0.2) is 22.8 Å². The summed E-state index contributed by atoms with van der Waals surface area (Å²) >= 11 is 0. The molecule has 2 aliphatic rings. The van der Waals surface area contributed by atoms with Gasteiger partial charge in [-0.2, -0.15) is 0 Å². The second kappa shape index (κ2) is 8.36. The lowest BCUT2D eigenvalue weighted by atomic mass is 9.99. The van der Waals surface area contributed by atoms with Crippen molar-refractivity contribution in [2.24, 2.45) is 0 Å². The van der Waals surface area contributed by atoms with E-state index in [-0.39, 0.29) is 36.3 Å². The van der Waals surface area contributed by atoms with Crippen LogP contribution in [0.3, 0.4) is 0 Å². The normalized spacial score (nSPS) is 24.6. The molecule has 2 fully saturated rings. The average Bonchev–Trinajstić information content (AvgIpc) is 3.09. The lowest BCUT2D eigenvalue weighted by Crippen LogP contribution is -2.55. The van der Waals surface area contributed by atoms with Crippen molar-refractivity contribution in [2.45, 2.75) is 44.2 Å². The van der Waals surface area contributed by atoms with Crippen LogP contribution >= 0.6 is 12.4 Å². The molecule has 2 saturated heterocycles. The van der Waals surface area contributed by atoms with Crippen molar-refractivity contribution >= 4 is 24.2 Å². The molecule has 2 aliphatic heterocycles. The number of furan rings is 1. The van der Waals surface area contributed by atoms with E-state index >= 15 is 0 Å². The van der Waals surface area contributed by atoms with Gasteiger partial charge in [-0.05, 0) is 50.8 Å². The molecular formula is C16H24ClN3O3. The molecule has 3 rings (SSSR count). The lowest BCUT2D eigenvalue weighted by Gasteiger charge is -2.35. The van der Waals surface area contributed by atoms with Gasteiger partial charge in [0.05, 0.1) is 6.26 Å². The number of carbonyl (C=O) groups excluding carboxylic acids is 2. The van der Waals surface area contributed by atoms with E-state index in [9.17, 15) is 9.59 Å². The molecule has 2 N–H and O–H groups in total. The number of nitrogens with zero attached hydrogens (tertiary/aromatic N) is 1. The van der Waals surface area contributed by atoms with Gasteiger partial charge in [0.15, 0.2) is 5.76 Å². The van der Waals surface area contributed by atoms with Crippen molar-refractivity contribution < 1.29 is 14.0 Å². The molecule has 0 aromatic carbocycles. The Morgan fingerprint density at radius 2 is 2.13 bits per heavy atom. The van der Waals surface area contributed by atoms with Crippen LogP contribution in [-0.4, -0.2) is 48.4 Å². The molecular weight excluding hydrogens is 318 g/mol. The molecule has 1 aromatic heterocycles. The monoisotopic (exact) mass is 341 g/mol. The minimum absolute atomic E-state index is 0. The number of amides is 2. The van der Waals surface area contributed by atoms with Gasteiger partial charge in [0.1, 0.15) is 6.04 Å². The Hall–Kier alpha value is -1.53. The third kappa shape index (κ3) is 4.26. The largest absolute Gasteiger partial charge is 0.459 e. The second-order valence-corrected chi connectivity index (χ2v) is 6.04. The fourth-order valence-corrected chi connectivity index (χ4v) is 3.26. The number of likely N-dealkylation sites (tertiary alicyclic amines) is 1.